The molecule has 3 rings (SSSR count). The molecule has 0 saturated carbocycles. The summed E-state index contributed by atoms with van der Waals surface area (Å²) in [5, 5.41) is 10.1. The van der Waals surface area contributed by atoms with Crippen molar-refractivity contribution < 1.29 is 18.0 Å². The van der Waals surface area contributed by atoms with E-state index >= 15 is 0 Å². The Morgan fingerprint density at radius 3 is 2.77 bits per heavy atom. The van der Waals surface area contributed by atoms with Gasteiger partial charge in [0.05, 0.1) is 11.6 Å². The lowest BCUT2D eigenvalue weighted by atomic mass is 10.1. The van der Waals surface area contributed by atoms with Crippen molar-refractivity contribution in [3.05, 3.63) is 47.3 Å². The van der Waals surface area contributed by atoms with Crippen molar-refractivity contribution in [1.82, 2.24) is 15.1 Å². The summed E-state index contributed by atoms with van der Waals surface area (Å²) in [6.07, 6.45) is -0.718. The van der Waals surface area contributed by atoms with E-state index in [4.69, 9.17) is 0 Å². The minimum atomic E-state index is -4.46. The van der Waals surface area contributed by atoms with Crippen LogP contribution in [0.3, 0.4) is 0 Å². The van der Waals surface area contributed by atoms with Crippen LogP contribution in [-0.2, 0) is 6.18 Å². The molecule has 0 spiro atoms. The molecular weight excluding hydrogens is 369 g/mol. The summed E-state index contributed by atoms with van der Waals surface area (Å²) in [6, 6.07) is 5.48. The van der Waals surface area contributed by atoms with Crippen molar-refractivity contribution in [3.8, 4) is 0 Å². The topological polar surface area (TPSA) is 59.0 Å². The molecule has 1 aromatic carbocycles. The highest BCUT2D eigenvalue weighted by atomic mass is 35.5. The first-order valence-corrected chi connectivity index (χ1v) is 8.10. The maximum Gasteiger partial charge on any atom is 0.416 e. The summed E-state index contributed by atoms with van der Waals surface area (Å²) in [5.74, 6) is -0.523. The normalized spacial score (nSPS) is 17.5. The zero-order valence-electron chi connectivity index (χ0n) is 14.1. The van der Waals surface area contributed by atoms with Gasteiger partial charge in [-0.15, -0.1) is 12.4 Å². The predicted octanol–water partition coefficient (Wildman–Crippen LogP) is 3.81. The molecule has 2 heterocycles. The molecule has 1 fully saturated rings. The quantitative estimate of drug-likeness (QED) is 0.840. The highest BCUT2D eigenvalue weighted by molar-refractivity contribution is 6.03. The highest BCUT2D eigenvalue weighted by Crippen LogP contribution is 2.34. The van der Waals surface area contributed by atoms with Gasteiger partial charge in [-0.2, -0.15) is 18.3 Å². The van der Waals surface area contributed by atoms with Gasteiger partial charge in [0.15, 0.2) is 5.69 Å². The number of carbonyl (C=O) groups excluding carboxylic acids is 1. The molecule has 1 saturated heterocycles. The molecule has 2 aromatic rings. The molecule has 1 unspecified atom stereocenters. The second-order valence-corrected chi connectivity index (χ2v) is 6.11. The number of halogens is 4. The molecule has 1 aliphatic heterocycles. The number of alkyl halides is 3. The van der Waals surface area contributed by atoms with Gasteiger partial charge >= 0.3 is 6.18 Å². The fourth-order valence-corrected chi connectivity index (χ4v) is 2.99. The Balaban J connectivity index is 0.00000243. The fraction of sp³-hybridized carbons (Fsp3) is 0.412. The lowest BCUT2D eigenvalue weighted by Crippen LogP contribution is -2.32. The molecule has 2 N–H and O–H groups in total. The third kappa shape index (κ3) is 4.37. The number of anilines is 1. The first-order chi connectivity index (χ1) is 11.9. The molecule has 0 bridgehead atoms. The molecule has 26 heavy (non-hydrogen) atoms. The molecule has 1 aromatic heterocycles. The standard InChI is InChI=1S/C17H19F3N4O.ClH/c1-11-13(17(18,19)20)5-2-6-14(11)22-16(25)15-7-9-24(23-15)12-4-3-8-21-10-12;/h2,5-7,9,12,21H,3-4,8,10H2,1H3,(H,22,25);1H. The van der Waals surface area contributed by atoms with Gasteiger partial charge in [0, 0.05) is 18.4 Å². The summed E-state index contributed by atoms with van der Waals surface area (Å²) in [5.41, 5.74) is -0.459. The van der Waals surface area contributed by atoms with Gasteiger partial charge in [0.1, 0.15) is 0 Å². The van der Waals surface area contributed by atoms with Crippen LogP contribution in [0.2, 0.25) is 0 Å². The Hall–Kier alpha value is -2.06. The van der Waals surface area contributed by atoms with E-state index in [1.54, 1.807) is 16.9 Å². The SMILES string of the molecule is Cc1c(NC(=O)c2ccn(C3CCCNC3)n2)cccc1C(F)(F)F.Cl. The maximum atomic E-state index is 13.0. The van der Waals surface area contributed by atoms with Crippen LogP contribution in [0.25, 0.3) is 0 Å². The highest BCUT2D eigenvalue weighted by Gasteiger charge is 2.33. The Morgan fingerprint density at radius 2 is 2.12 bits per heavy atom. The maximum absolute atomic E-state index is 13.0. The van der Waals surface area contributed by atoms with E-state index < -0.39 is 17.6 Å². The van der Waals surface area contributed by atoms with Crippen LogP contribution in [0, 0.1) is 6.92 Å². The van der Waals surface area contributed by atoms with E-state index in [-0.39, 0.29) is 35.4 Å². The lowest BCUT2D eigenvalue weighted by molar-refractivity contribution is -0.138. The van der Waals surface area contributed by atoms with Crippen molar-refractivity contribution >= 4 is 24.0 Å². The molecule has 1 atom stereocenters. The summed E-state index contributed by atoms with van der Waals surface area (Å²) in [4.78, 5) is 12.3. The van der Waals surface area contributed by atoms with Crippen LogP contribution < -0.4 is 10.6 Å². The molecule has 0 radical (unpaired) electrons. The second-order valence-electron chi connectivity index (χ2n) is 6.11. The molecule has 142 valence electrons. The number of aromatic nitrogens is 2. The number of piperidine rings is 1. The van der Waals surface area contributed by atoms with Crippen molar-refractivity contribution in [2.45, 2.75) is 32.0 Å². The summed E-state index contributed by atoms with van der Waals surface area (Å²) in [6.45, 7) is 3.10. The van der Waals surface area contributed by atoms with Gasteiger partial charge in [0.25, 0.3) is 5.91 Å². The zero-order chi connectivity index (χ0) is 18.0. The molecule has 5 nitrogen and oxygen atoms in total. The van der Waals surface area contributed by atoms with Crippen molar-refractivity contribution in [2.75, 3.05) is 18.4 Å². The largest absolute Gasteiger partial charge is 0.416 e. The number of hydrogen-bond donors (Lipinski definition) is 2. The van der Waals surface area contributed by atoms with Gasteiger partial charge in [-0.3, -0.25) is 9.48 Å². The zero-order valence-corrected chi connectivity index (χ0v) is 15.0. The van der Waals surface area contributed by atoms with Crippen molar-refractivity contribution in [2.24, 2.45) is 0 Å². The Labute approximate surface area is 155 Å². The number of nitrogens with zero attached hydrogens (tertiary/aromatic N) is 2. The fourth-order valence-electron chi connectivity index (χ4n) is 2.99. The third-order valence-electron chi connectivity index (χ3n) is 4.37. The number of benzene rings is 1. The van der Waals surface area contributed by atoms with E-state index in [0.29, 0.717) is 0 Å². The number of rotatable bonds is 3. The third-order valence-corrected chi connectivity index (χ3v) is 4.37. The van der Waals surface area contributed by atoms with E-state index in [1.165, 1.54) is 19.1 Å². The van der Waals surface area contributed by atoms with Gasteiger partial charge in [-0.1, -0.05) is 6.07 Å². The van der Waals surface area contributed by atoms with E-state index in [1.807, 2.05) is 0 Å². The number of hydrogen-bond acceptors (Lipinski definition) is 3. The lowest BCUT2D eigenvalue weighted by Gasteiger charge is -2.22. The summed E-state index contributed by atoms with van der Waals surface area (Å²) in [7, 11) is 0. The number of amides is 1. The van der Waals surface area contributed by atoms with Gasteiger partial charge < -0.3 is 10.6 Å². The number of nitrogens with one attached hydrogen (secondary N) is 2. The molecule has 1 amide bonds. The Kier molecular flexibility index (Phi) is 6.30. The van der Waals surface area contributed by atoms with Crippen LogP contribution in [0.5, 0.6) is 0 Å². The first-order valence-electron chi connectivity index (χ1n) is 8.10. The van der Waals surface area contributed by atoms with Crippen molar-refractivity contribution in [3.63, 3.8) is 0 Å². The van der Waals surface area contributed by atoms with Gasteiger partial charge in [0.2, 0.25) is 0 Å². The summed E-state index contributed by atoms with van der Waals surface area (Å²) >= 11 is 0. The smallest absolute Gasteiger partial charge is 0.320 e. The van der Waals surface area contributed by atoms with Crippen LogP contribution >= 0.6 is 12.4 Å². The van der Waals surface area contributed by atoms with Gasteiger partial charge in [-0.05, 0) is 50.1 Å². The van der Waals surface area contributed by atoms with Crippen LogP contribution in [0.1, 0.15) is 40.5 Å². The van der Waals surface area contributed by atoms with Crippen LogP contribution in [0.15, 0.2) is 30.5 Å². The molecular formula is C17H20ClF3N4O. The number of carbonyl (C=O) groups is 1. The molecule has 1 aliphatic rings. The summed E-state index contributed by atoms with van der Waals surface area (Å²) < 4.78 is 40.6. The predicted molar refractivity (Wildman–Crippen MR) is 94.7 cm³/mol. The van der Waals surface area contributed by atoms with Gasteiger partial charge in [-0.25, -0.2) is 0 Å². The average Bonchev–Trinajstić information content (AvgIpc) is 3.06. The molecule has 9 heteroatoms. The monoisotopic (exact) mass is 388 g/mol. The minimum absolute atomic E-state index is 0. The second kappa shape index (κ2) is 8.09. The minimum Gasteiger partial charge on any atom is -0.320 e. The van der Waals surface area contributed by atoms with Crippen LogP contribution in [0.4, 0.5) is 18.9 Å². The van der Waals surface area contributed by atoms with E-state index in [2.05, 4.69) is 15.7 Å². The average molecular weight is 389 g/mol. The Morgan fingerprint density at radius 1 is 1.35 bits per heavy atom. The van der Waals surface area contributed by atoms with E-state index in [0.717, 1.165) is 32.0 Å². The van der Waals surface area contributed by atoms with E-state index in [9.17, 15) is 18.0 Å². The van der Waals surface area contributed by atoms with Crippen molar-refractivity contribution in [1.29, 1.82) is 0 Å². The molecule has 0 aliphatic carbocycles. The first kappa shape index (κ1) is 20.3. The Bertz CT molecular complexity index is 770. The van der Waals surface area contributed by atoms with Crippen LogP contribution in [-0.4, -0.2) is 28.8 Å².